The molecule has 4 aliphatic rings. The maximum absolute atomic E-state index is 13.6. The van der Waals surface area contributed by atoms with Gasteiger partial charge in [-0.25, -0.2) is 4.79 Å². The second kappa shape index (κ2) is 6.99. The van der Waals surface area contributed by atoms with Crippen LogP contribution in [0.4, 0.5) is 4.79 Å². The predicted molar refractivity (Wildman–Crippen MR) is 112 cm³/mol. The number of ether oxygens (including phenoxy) is 2. The minimum Gasteiger partial charge on any atom is -0.449 e. The molecule has 0 unspecified atom stereocenters. The second-order valence-electron chi connectivity index (χ2n) is 7.72. The summed E-state index contributed by atoms with van der Waals surface area (Å²) in [5.41, 5.74) is 10.6. The summed E-state index contributed by atoms with van der Waals surface area (Å²) in [5, 5.41) is 3.86. The Kier molecular flexibility index (Phi) is 4.60. The molecule has 3 aliphatic heterocycles. The van der Waals surface area contributed by atoms with Gasteiger partial charge in [0, 0.05) is 35.2 Å². The fraction of sp³-hybridized carbons (Fsp3) is 0.350. The zero-order valence-corrected chi connectivity index (χ0v) is 18.0. The van der Waals surface area contributed by atoms with Crippen LogP contribution in [0, 0.1) is 5.92 Å². The molecule has 9 nitrogen and oxygen atoms in total. The zero-order chi connectivity index (χ0) is 22.1. The predicted octanol–water partition coefficient (Wildman–Crippen LogP) is 0.732. The maximum Gasteiger partial charge on any atom is 0.404 e. The van der Waals surface area contributed by atoms with Crippen LogP contribution in [0.3, 0.4) is 0 Å². The molecule has 2 saturated heterocycles. The number of halogens is 1. The van der Waals surface area contributed by atoms with Crippen LogP contribution in [0.15, 0.2) is 51.0 Å². The molecular formula is C20H19ClN4O5S. The molecule has 0 radical (unpaired) electrons. The fourth-order valence-electron chi connectivity index (χ4n) is 4.89. The number of rotatable bonds is 5. The SMILES string of the molecule is CO[C@@]12[C@H](COC(N)=O)C3=C(C(=O)C(Sc4ccc(Cl)cc4)=C(N)C3=O)N1C[C@@H]1N[C@@H]12. The van der Waals surface area contributed by atoms with Crippen LogP contribution in [-0.2, 0) is 19.1 Å². The van der Waals surface area contributed by atoms with Gasteiger partial charge in [0.25, 0.3) is 0 Å². The number of nitrogens with two attached hydrogens (primary N) is 2. The number of hydrogen-bond acceptors (Lipinski definition) is 9. The summed E-state index contributed by atoms with van der Waals surface area (Å²) in [6, 6.07) is 6.90. The molecule has 5 rings (SSSR count). The van der Waals surface area contributed by atoms with Gasteiger partial charge in [0.15, 0.2) is 5.72 Å². The van der Waals surface area contributed by atoms with Crippen molar-refractivity contribution in [3.63, 3.8) is 0 Å². The van der Waals surface area contributed by atoms with Gasteiger partial charge in [-0.15, -0.1) is 0 Å². The highest BCUT2D eigenvalue weighted by Crippen LogP contribution is 2.56. The van der Waals surface area contributed by atoms with E-state index in [9.17, 15) is 14.4 Å². The number of ketones is 2. The minimum absolute atomic E-state index is 0.112. The second-order valence-corrected chi connectivity index (χ2v) is 9.24. The Morgan fingerprint density at radius 3 is 2.68 bits per heavy atom. The van der Waals surface area contributed by atoms with E-state index in [4.69, 9.17) is 32.5 Å². The lowest BCUT2D eigenvalue weighted by Crippen LogP contribution is -2.55. The Morgan fingerprint density at radius 1 is 1.32 bits per heavy atom. The van der Waals surface area contributed by atoms with Crippen molar-refractivity contribution in [2.24, 2.45) is 17.4 Å². The molecule has 1 amide bonds. The van der Waals surface area contributed by atoms with Crippen molar-refractivity contribution in [1.82, 2.24) is 10.2 Å². The van der Waals surface area contributed by atoms with Crippen LogP contribution in [0.1, 0.15) is 0 Å². The quantitative estimate of drug-likeness (QED) is 0.425. The summed E-state index contributed by atoms with van der Waals surface area (Å²) in [6.07, 6.45) is -0.970. The Morgan fingerprint density at radius 2 is 2.03 bits per heavy atom. The van der Waals surface area contributed by atoms with Gasteiger partial charge in [0.1, 0.15) is 6.61 Å². The highest BCUT2D eigenvalue weighted by atomic mass is 35.5. The number of hydrogen-bond donors (Lipinski definition) is 3. The Bertz CT molecular complexity index is 1090. The monoisotopic (exact) mass is 462 g/mol. The number of nitrogens with zero attached hydrogens (tertiary/aromatic N) is 1. The number of methoxy groups -OCH3 is 1. The first-order valence-electron chi connectivity index (χ1n) is 9.57. The van der Waals surface area contributed by atoms with Crippen molar-refractivity contribution >= 4 is 41.0 Å². The van der Waals surface area contributed by atoms with Crippen molar-refractivity contribution in [2.45, 2.75) is 22.7 Å². The molecule has 2 fully saturated rings. The van der Waals surface area contributed by atoms with E-state index >= 15 is 0 Å². The molecule has 1 aromatic rings. The lowest BCUT2D eigenvalue weighted by molar-refractivity contribution is -0.137. The fourth-order valence-corrected chi connectivity index (χ4v) is 5.92. The molecule has 4 atom stereocenters. The molecule has 162 valence electrons. The summed E-state index contributed by atoms with van der Waals surface area (Å²) in [5.74, 6) is -1.52. The number of primary amides is 1. The molecule has 31 heavy (non-hydrogen) atoms. The van der Waals surface area contributed by atoms with E-state index in [2.05, 4.69) is 5.32 Å². The largest absolute Gasteiger partial charge is 0.449 e. The Labute approximate surface area is 186 Å². The topological polar surface area (TPSA) is 147 Å². The normalized spacial score (nSPS) is 31.0. The van der Waals surface area contributed by atoms with Gasteiger partial charge < -0.3 is 31.2 Å². The standard InChI is InChI=1S/C20H19ClN4O5S/c1-29-20-10(7-30-19(23)28)12-14(25(20)6-11-18(20)24-11)16(27)17(13(22)15(12)26)31-9-4-2-8(21)3-5-9/h2-5,10-11,18,24H,6-7,22H2,1H3,(H2,23,28)/t10-,11+,18+,20-/m1/s1. The molecule has 0 bridgehead atoms. The first kappa shape index (κ1) is 20.4. The van der Waals surface area contributed by atoms with Gasteiger partial charge in [-0.05, 0) is 24.3 Å². The number of amides is 1. The van der Waals surface area contributed by atoms with Crippen LogP contribution < -0.4 is 16.8 Å². The van der Waals surface area contributed by atoms with Crippen molar-refractivity contribution in [3.8, 4) is 0 Å². The average Bonchev–Trinajstić information content (AvgIpc) is 3.35. The number of piperazine rings is 1. The first-order chi connectivity index (χ1) is 14.8. The maximum atomic E-state index is 13.6. The molecule has 5 N–H and O–H groups in total. The van der Waals surface area contributed by atoms with Gasteiger partial charge in [-0.1, -0.05) is 23.4 Å². The lowest BCUT2D eigenvalue weighted by Gasteiger charge is -2.39. The first-order valence-corrected chi connectivity index (χ1v) is 10.8. The molecule has 1 aromatic carbocycles. The van der Waals surface area contributed by atoms with E-state index in [1.165, 1.54) is 7.11 Å². The van der Waals surface area contributed by atoms with Crippen LogP contribution >= 0.6 is 23.4 Å². The third kappa shape index (κ3) is 2.82. The molecule has 0 saturated carbocycles. The minimum atomic E-state index is -1.03. The van der Waals surface area contributed by atoms with E-state index in [-0.39, 0.29) is 46.3 Å². The number of benzene rings is 1. The van der Waals surface area contributed by atoms with E-state index in [0.29, 0.717) is 11.6 Å². The van der Waals surface area contributed by atoms with Crippen molar-refractivity contribution in [2.75, 3.05) is 20.3 Å². The summed E-state index contributed by atoms with van der Waals surface area (Å²) >= 11 is 7.06. The van der Waals surface area contributed by atoms with Gasteiger partial charge >= 0.3 is 6.09 Å². The van der Waals surface area contributed by atoms with Gasteiger partial charge in [-0.2, -0.15) is 0 Å². The molecule has 1 aliphatic carbocycles. The third-order valence-electron chi connectivity index (χ3n) is 6.21. The van der Waals surface area contributed by atoms with E-state index in [1.54, 1.807) is 24.3 Å². The number of nitrogens with one attached hydrogen (secondary N) is 1. The molecular weight excluding hydrogens is 444 g/mol. The van der Waals surface area contributed by atoms with Crippen molar-refractivity contribution in [1.29, 1.82) is 0 Å². The van der Waals surface area contributed by atoms with E-state index in [0.717, 1.165) is 16.7 Å². The highest BCUT2D eigenvalue weighted by molar-refractivity contribution is 8.04. The average molecular weight is 463 g/mol. The van der Waals surface area contributed by atoms with Crippen LogP contribution in [0.2, 0.25) is 5.02 Å². The lowest BCUT2D eigenvalue weighted by atomic mass is 9.84. The summed E-state index contributed by atoms with van der Waals surface area (Å²) in [4.78, 5) is 41.0. The van der Waals surface area contributed by atoms with Crippen molar-refractivity contribution in [3.05, 3.63) is 51.2 Å². The summed E-state index contributed by atoms with van der Waals surface area (Å²) in [7, 11) is 1.51. The Hall–Kier alpha value is -2.53. The van der Waals surface area contributed by atoms with Gasteiger partial charge in [0.2, 0.25) is 11.6 Å². The van der Waals surface area contributed by atoms with Crippen LogP contribution in [-0.4, -0.2) is 60.6 Å². The molecule has 0 spiro atoms. The highest BCUT2D eigenvalue weighted by Gasteiger charge is 2.72. The van der Waals surface area contributed by atoms with Gasteiger partial charge in [0.05, 0.1) is 28.3 Å². The zero-order valence-electron chi connectivity index (χ0n) is 16.4. The third-order valence-corrected chi connectivity index (χ3v) is 7.58. The number of fused-ring (bicyclic) bond motifs is 4. The Balaban J connectivity index is 1.56. The van der Waals surface area contributed by atoms with Crippen molar-refractivity contribution < 1.29 is 23.9 Å². The van der Waals surface area contributed by atoms with E-state index < -0.39 is 23.5 Å². The number of thioether (sulfide) groups is 1. The van der Waals surface area contributed by atoms with Crippen LogP contribution in [0.25, 0.3) is 0 Å². The smallest absolute Gasteiger partial charge is 0.404 e. The number of carbonyl (C=O) groups excluding carboxylic acids is 3. The molecule has 11 heteroatoms. The number of carbonyl (C=O) groups is 3. The molecule has 3 heterocycles. The molecule has 0 aromatic heterocycles. The summed E-state index contributed by atoms with van der Waals surface area (Å²) in [6.45, 7) is 0.289. The number of Topliss-reactive ketones (excluding diaryl/α,β-unsaturated/α-hetero) is 2. The summed E-state index contributed by atoms with van der Waals surface area (Å²) < 4.78 is 11.0. The number of allylic oxidation sites excluding steroid dienone is 2. The van der Waals surface area contributed by atoms with Crippen LogP contribution in [0.5, 0.6) is 0 Å². The van der Waals surface area contributed by atoms with E-state index in [1.807, 2.05) is 4.90 Å². The van der Waals surface area contributed by atoms with Gasteiger partial charge in [-0.3, -0.25) is 9.59 Å².